The van der Waals surface area contributed by atoms with Gasteiger partial charge in [0.15, 0.2) is 5.78 Å². The summed E-state index contributed by atoms with van der Waals surface area (Å²) in [6, 6.07) is 0. The first kappa shape index (κ1) is 13.5. The highest BCUT2D eigenvalue weighted by Gasteiger charge is 2.65. The Morgan fingerprint density at radius 2 is 1.95 bits per heavy atom. The van der Waals surface area contributed by atoms with Crippen molar-refractivity contribution < 1.29 is 9.59 Å². The number of hydrogen-bond donors (Lipinski definition) is 0. The highest BCUT2D eigenvalue weighted by molar-refractivity contribution is 6.05. The highest BCUT2D eigenvalue weighted by atomic mass is 16.1. The lowest BCUT2D eigenvalue weighted by Crippen LogP contribution is -2.52. The van der Waals surface area contributed by atoms with Crippen LogP contribution < -0.4 is 0 Å². The molecule has 0 unspecified atom stereocenters. The van der Waals surface area contributed by atoms with E-state index in [1.807, 2.05) is 0 Å². The van der Waals surface area contributed by atoms with Gasteiger partial charge < -0.3 is 0 Å². The molecule has 2 bridgehead atoms. The largest absolute Gasteiger partial charge is 0.299 e. The summed E-state index contributed by atoms with van der Waals surface area (Å²) in [7, 11) is 0. The number of allylic oxidation sites excluding steroid dienone is 3. The number of hydrogen-bond acceptors (Lipinski definition) is 2. The second-order valence-corrected chi connectivity index (χ2v) is 8.47. The van der Waals surface area contributed by atoms with Crippen molar-refractivity contribution in [1.29, 1.82) is 0 Å². The number of carbonyl (C=O) groups excluding carboxylic acids is 2. The molecule has 112 valence electrons. The van der Waals surface area contributed by atoms with Crippen molar-refractivity contribution in [2.75, 3.05) is 0 Å². The molecule has 0 saturated heterocycles. The van der Waals surface area contributed by atoms with Crippen LogP contribution in [0.1, 0.15) is 52.4 Å². The predicted molar refractivity (Wildman–Crippen MR) is 81.6 cm³/mol. The molecular weight excluding hydrogens is 260 g/mol. The van der Waals surface area contributed by atoms with Crippen LogP contribution in [0.15, 0.2) is 24.3 Å². The number of Topliss-reactive ketones (excluding diaryl/α,β-unsaturated/α-hetero) is 1. The zero-order valence-corrected chi connectivity index (χ0v) is 13.1. The molecule has 2 nitrogen and oxygen atoms in total. The van der Waals surface area contributed by atoms with Gasteiger partial charge in [0.25, 0.3) is 0 Å². The minimum absolute atomic E-state index is 0.0230. The van der Waals surface area contributed by atoms with Gasteiger partial charge in [-0.1, -0.05) is 26.5 Å². The first-order valence-electron chi connectivity index (χ1n) is 8.27. The molecule has 0 N–H and O–H groups in total. The second kappa shape index (κ2) is 3.77. The van der Waals surface area contributed by atoms with Gasteiger partial charge in [0.1, 0.15) is 5.78 Å². The van der Waals surface area contributed by atoms with Gasteiger partial charge in [0, 0.05) is 11.8 Å². The summed E-state index contributed by atoms with van der Waals surface area (Å²) in [5.74, 6) is 1.41. The van der Waals surface area contributed by atoms with Crippen LogP contribution in [-0.2, 0) is 9.59 Å². The van der Waals surface area contributed by atoms with Crippen LogP contribution in [0.5, 0.6) is 0 Å². The molecular formula is C19H24O2. The van der Waals surface area contributed by atoms with Gasteiger partial charge in [-0.2, -0.15) is 0 Å². The molecule has 3 saturated carbocycles. The average molecular weight is 284 g/mol. The van der Waals surface area contributed by atoms with E-state index in [2.05, 4.69) is 26.5 Å². The van der Waals surface area contributed by atoms with Crippen molar-refractivity contribution in [3.05, 3.63) is 24.3 Å². The maximum Gasteiger partial charge on any atom is 0.181 e. The van der Waals surface area contributed by atoms with Crippen molar-refractivity contribution >= 4 is 11.6 Å². The van der Waals surface area contributed by atoms with Crippen molar-refractivity contribution in [2.24, 2.45) is 28.1 Å². The number of ketones is 2. The van der Waals surface area contributed by atoms with Crippen LogP contribution in [0.4, 0.5) is 0 Å². The maximum atomic E-state index is 12.5. The summed E-state index contributed by atoms with van der Waals surface area (Å²) >= 11 is 0. The summed E-state index contributed by atoms with van der Waals surface area (Å²) in [4.78, 5) is 24.5. The van der Waals surface area contributed by atoms with Gasteiger partial charge in [-0.15, -0.1) is 0 Å². The predicted octanol–water partition coefficient (Wildman–Crippen LogP) is 3.86. The van der Waals surface area contributed by atoms with Crippen LogP contribution in [0.3, 0.4) is 0 Å². The topological polar surface area (TPSA) is 34.1 Å². The Labute approximate surface area is 126 Å². The molecule has 0 amide bonds. The van der Waals surface area contributed by atoms with Gasteiger partial charge in [-0.05, 0) is 66.4 Å². The first-order chi connectivity index (χ1) is 9.81. The van der Waals surface area contributed by atoms with E-state index in [0.717, 1.165) is 44.1 Å². The van der Waals surface area contributed by atoms with Gasteiger partial charge >= 0.3 is 0 Å². The Kier molecular flexibility index (Phi) is 2.42. The van der Waals surface area contributed by atoms with Crippen molar-refractivity contribution in [2.45, 2.75) is 52.4 Å². The molecule has 0 aromatic rings. The van der Waals surface area contributed by atoms with Crippen molar-refractivity contribution in [1.82, 2.24) is 0 Å². The van der Waals surface area contributed by atoms with Gasteiger partial charge in [-0.3, -0.25) is 9.59 Å². The minimum Gasteiger partial charge on any atom is -0.299 e. The van der Waals surface area contributed by atoms with E-state index in [1.54, 1.807) is 6.08 Å². The zero-order valence-electron chi connectivity index (χ0n) is 13.1. The van der Waals surface area contributed by atoms with Crippen LogP contribution in [0.25, 0.3) is 0 Å². The average Bonchev–Trinajstić information content (AvgIpc) is 2.60. The first-order valence-corrected chi connectivity index (χ1v) is 8.27. The van der Waals surface area contributed by atoms with Gasteiger partial charge in [0.05, 0.1) is 0 Å². The normalized spacial score (nSPS) is 51.8. The maximum absolute atomic E-state index is 12.5. The fourth-order valence-corrected chi connectivity index (χ4v) is 6.34. The Bertz CT molecular complexity index is 601. The quantitative estimate of drug-likeness (QED) is 0.633. The summed E-state index contributed by atoms with van der Waals surface area (Å²) in [6.07, 6.45) is 10.00. The Hall–Kier alpha value is -1.18. The van der Waals surface area contributed by atoms with Crippen LogP contribution in [0.2, 0.25) is 0 Å². The molecule has 0 radical (unpaired) electrons. The number of rotatable bonds is 0. The standard InChI is InChI=1S/C19H24O2/c1-12-13-4-9-19-10-16(21)17(2,11-19)7-6-15(19)18(13,3)8-5-14(12)20/h5,8,13,15H,1,4,6-7,9-11H2,2-3H3/t13-,15+,17+,18-,19+/m1/s1. The van der Waals surface area contributed by atoms with Crippen LogP contribution in [-0.4, -0.2) is 11.6 Å². The molecule has 2 heteroatoms. The second-order valence-electron chi connectivity index (χ2n) is 8.47. The number of carbonyl (C=O) groups is 2. The molecule has 4 rings (SSSR count). The van der Waals surface area contributed by atoms with E-state index in [0.29, 0.717) is 11.7 Å². The molecule has 5 atom stereocenters. The summed E-state index contributed by atoms with van der Waals surface area (Å²) in [5.41, 5.74) is 0.952. The van der Waals surface area contributed by atoms with E-state index in [1.165, 1.54) is 0 Å². The van der Waals surface area contributed by atoms with Gasteiger partial charge in [-0.25, -0.2) is 0 Å². The van der Waals surface area contributed by atoms with Crippen LogP contribution in [0, 0.1) is 28.1 Å². The third-order valence-electron chi connectivity index (χ3n) is 7.42. The zero-order chi connectivity index (χ0) is 15.0. The SMILES string of the molecule is C=C1C(=O)C=C[C@]2(C)[C@@H]1CC[C@@]13CC(=O)[C@@](C)(CC[C@H]12)C3. The Morgan fingerprint density at radius 1 is 1.19 bits per heavy atom. The van der Waals surface area contributed by atoms with E-state index in [-0.39, 0.29) is 27.9 Å². The lowest BCUT2D eigenvalue weighted by Gasteiger charge is -2.58. The molecule has 0 aromatic carbocycles. The van der Waals surface area contributed by atoms with Crippen molar-refractivity contribution in [3.8, 4) is 0 Å². The third-order valence-corrected chi connectivity index (χ3v) is 7.42. The molecule has 0 aromatic heterocycles. The molecule has 4 aliphatic rings. The fraction of sp³-hybridized carbons (Fsp3) is 0.684. The molecule has 0 aliphatic heterocycles. The van der Waals surface area contributed by atoms with E-state index < -0.39 is 0 Å². The third kappa shape index (κ3) is 1.49. The highest BCUT2D eigenvalue weighted by Crippen LogP contribution is 2.70. The summed E-state index contributed by atoms with van der Waals surface area (Å²) in [5, 5.41) is 0. The molecule has 0 heterocycles. The van der Waals surface area contributed by atoms with E-state index in [9.17, 15) is 9.59 Å². The minimum atomic E-state index is -0.0646. The Morgan fingerprint density at radius 3 is 2.71 bits per heavy atom. The Balaban J connectivity index is 1.80. The molecule has 4 aliphatic carbocycles. The molecule has 21 heavy (non-hydrogen) atoms. The summed E-state index contributed by atoms with van der Waals surface area (Å²) < 4.78 is 0. The fourth-order valence-electron chi connectivity index (χ4n) is 6.34. The van der Waals surface area contributed by atoms with Crippen LogP contribution >= 0.6 is 0 Å². The molecule has 1 spiro atoms. The van der Waals surface area contributed by atoms with E-state index >= 15 is 0 Å². The smallest absolute Gasteiger partial charge is 0.181 e. The lowest BCUT2D eigenvalue weighted by atomic mass is 9.45. The number of fused-ring (bicyclic) bond motifs is 3. The molecule has 3 fully saturated rings. The monoisotopic (exact) mass is 284 g/mol. The van der Waals surface area contributed by atoms with E-state index in [4.69, 9.17) is 0 Å². The lowest BCUT2D eigenvalue weighted by molar-refractivity contribution is -0.125. The summed E-state index contributed by atoms with van der Waals surface area (Å²) in [6.45, 7) is 8.57. The van der Waals surface area contributed by atoms with Crippen molar-refractivity contribution in [3.63, 3.8) is 0 Å². The van der Waals surface area contributed by atoms with Gasteiger partial charge in [0.2, 0.25) is 0 Å².